The van der Waals surface area contributed by atoms with E-state index in [4.69, 9.17) is 0 Å². The van der Waals surface area contributed by atoms with Crippen molar-refractivity contribution < 1.29 is 95.5 Å². The number of hydrogen-bond acceptors (Lipinski definition) is 0. The second-order valence-electron chi connectivity index (χ2n) is 7.30. The SMILES string of the molecule is Cc1ccc([IH+])c(-c2ccc(CC(C)C)cc2)c1[IH+].F[P-](F)(F)(F)(F)F.F[P-](F)(F)(F)(F)F. The van der Waals surface area contributed by atoms with Crippen LogP contribution in [0.2, 0.25) is 0 Å². The van der Waals surface area contributed by atoms with Gasteiger partial charge in [0.1, 0.15) is 0 Å². The van der Waals surface area contributed by atoms with Gasteiger partial charge in [-0.2, -0.15) is 0 Å². The first-order chi connectivity index (χ1) is 13.9. The van der Waals surface area contributed by atoms with Gasteiger partial charge in [0, 0.05) is 5.56 Å². The van der Waals surface area contributed by atoms with E-state index in [1.165, 1.54) is 29.4 Å². The van der Waals surface area contributed by atoms with Gasteiger partial charge in [0.15, 0.2) is 3.57 Å². The minimum absolute atomic E-state index is 0.717. The Morgan fingerprint density at radius 3 is 1.36 bits per heavy atom. The molecule has 2 aromatic carbocycles. The van der Waals surface area contributed by atoms with E-state index < -0.39 is 15.6 Å². The van der Waals surface area contributed by atoms with Gasteiger partial charge < -0.3 is 0 Å². The first-order valence-corrected chi connectivity index (χ1v) is 15.0. The van der Waals surface area contributed by atoms with Gasteiger partial charge in [-0.05, 0) is 36.5 Å². The Morgan fingerprint density at radius 1 is 0.667 bits per heavy atom. The summed E-state index contributed by atoms with van der Waals surface area (Å²) in [6.07, 6.45) is 1.16. The fraction of sp³-hybridized carbons (Fsp3) is 0.294. The van der Waals surface area contributed by atoms with Crippen molar-refractivity contribution in [3.05, 3.63) is 54.7 Å². The van der Waals surface area contributed by atoms with Crippen LogP contribution in [0.15, 0.2) is 36.4 Å². The molecule has 0 atom stereocenters. The Balaban J connectivity index is 0.000000605. The third-order valence-corrected chi connectivity index (χ3v) is 5.68. The third-order valence-electron chi connectivity index (χ3n) is 3.20. The molecule has 0 radical (unpaired) electrons. The van der Waals surface area contributed by atoms with Crippen molar-refractivity contribution in [2.45, 2.75) is 27.2 Å². The molecule has 33 heavy (non-hydrogen) atoms. The average molecular weight is 768 g/mol. The molecule has 0 amide bonds. The summed E-state index contributed by atoms with van der Waals surface area (Å²) in [4.78, 5) is 0. The molecule has 2 aromatic rings. The van der Waals surface area contributed by atoms with E-state index in [0.29, 0.717) is 5.92 Å². The van der Waals surface area contributed by atoms with Gasteiger partial charge in [-0.15, -0.1) is 0 Å². The molecule has 196 valence electrons. The molecule has 0 spiro atoms. The summed E-state index contributed by atoms with van der Waals surface area (Å²) >= 11 is 4.26. The standard InChI is InChI=1S/C17H20I2.2F6P/c1-11(2)10-13-5-7-14(8-6-13)16-15(18)9-4-12(3)17(16)19;2*1-7(2,3,4,5)6/h4-9,11,18-19H,10H2,1-3H3;;/q+2;2*-1. The van der Waals surface area contributed by atoms with Gasteiger partial charge in [0.05, 0.1) is 5.56 Å². The minimum atomic E-state index is -10.7. The van der Waals surface area contributed by atoms with E-state index in [2.05, 4.69) is 102 Å². The maximum absolute atomic E-state index is 10.7. The second-order valence-corrected chi connectivity index (χ2v) is 13.5. The van der Waals surface area contributed by atoms with E-state index in [0.717, 1.165) is 6.42 Å². The molecule has 0 bridgehead atoms. The first-order valence-electron chi connectivity index (χ1n) is 8.59. The van der Waals surface area contributed by atoms with Gasteiger partial charge in [-0.25, -0.2) is 0 Å². The topological polar surface area (TPSA) is 0 Å². The summed E-state index contributed by atoms with van der Waals surface area (Å²) < 4.78 is 121. The molecule has 0 aliphatic carbocycles. The van der Waals surface area contributed by atoms with Crippen LogP contribution in [0.25, 0.3) is 11.1 Å². The monoisotopic (exact) mass is 768 g/mol. The Hall–Kier alpha value is -0.0800. The molecule has 0 aromatic heterocycles. The molecular weight excluding hydrogens is 748 g/mol. The van der Waals surface area contributed by atoms with Crippen molar-refractivity contribution in [1.82, 2.24) is 0 Å². The van der Waals surface area contributed by atoms with Crippen LogP contribution in [0.3, 0.4) is 0 Å². The summed E-state index contributed by atoms with van der Waals surface area (Å²) in [5.41, 5.74) is 5.56. The third kappa shape index (κ3) is 23.4. The van der Waals surface area contributed by atoms with Crippen LogP contribution in [0.4, 0.5) is 50.4 Å². The van der Waals surface area contributed by atoms with Crippen LogP contribution >= 0.6 is 15.6 Å². The van der Waals surface area contributed by atoms with Crippen LogP contribution in [0.5, 0.6) is 0 Å². The van der Waals surface area contributed by atoms with Gasteiger partial charge in [0.2, 0.25) is 3.57 Å². The second kappa shape index (κ2) is 9.10. The zero-order valence-corrected chi connectivity index (χ0v) is 23.4. The van der Waals surface area contributed by atoms with Crippen LogP contribution in [0.1, 0.15) is 25.0 Å². The molecule has 16 heteroatoms. The fourth-order valence-corrected chi connectivity index (χ4v) is 4.51. The van der Waals surface area contributed by atoms with E-state index in [1.54, 1.807) is 0 Å². The van der Waals surface area contributed by atoms with Crippen LogP contribution < -0.4 is 45.2 Å². The van der Waals surface area contributed by atoms with E-state index in [-0.39, 0.29) is 0 Å². The van der Waals surface area contributed by atoms with Gasteiger partial charge in [-0.1, -0.05) is 44.2 Å². The van der Waals surface area contributed by atoms with E-state index in [9.17, 15) is 50.4 Å². The summed E-state index contributed by atoms with van der Waals surface area (Å²) in [5, 5.41) is 0. The number of rotatable bonds is 3. The van der Waals surface area contributed by atoms with Crippen LogP contribution in [-0.4, -0.2) is 0 Å². The summed E-state index contributed by atoms with van der Waals surface area (Å²) in [6, 6.07) is 13.5. The number of hydrogen-bond donors (Lipinski definition) is 0. The molecule has 0 nitrogen and oxygen atoms in total. The summed E-state index contributed by atoms with van der Waals surface area (Å²) in [6.45, 7) is 6.72. The summed E-state index contributed by atoms with van der Waals surface area (Å²) in [5.74, 6) is 0.717. The number of aryl methyl sites for hydroxylation is 1. The van der Waals surface area contributed by atoms with Crippen molar-refractivity contribution in [2.75, 3.05) is 0 Å². The molecule has 0 aliphatic rings. The molecule has 0 N–H and O–H groups in total. The molecule has 0 unspecified atom stereocenters. The molecule has 0 fully saturated rings. The fourth-order valence-electron chi connectivity index (χ4n) is 2.22. The first kappa shape index (κ1) is 32.9. The molecule has 0 aliphatic heterocycles. The molecule has 2 rings (SSSR count). The Bertz CT molecular complexity index is 914. The van der Waals surface area contributed by atoms with E-state index in [1.807, 2.05) is 0 Å². The van der Waals surface area contributed by atoms with Crippen molar-refractivity contribution in [2.24, 2.45) is 5.92 Å². The summed E-state index contributed by atoms with van der Waals surface area (Å²) in [7, 11) is -21.3. The number of benzene rings is 2. The zero-order chi connectivity index (χ0) is 26.8. The predicted molar refractivity (Wildman–Crippen MR) is 102 cm³/mol. The van der Waals surface area contributed by atoms with Crippen LogP contribution in [-0.2, 0) is 6.42 Å². The molecule has 0 heterocycles. The average Bonchev–Trinajstić information content (AvgIpc) is 2.46. The normalized spacial score (nSPS) is 16.2. The van der Waals surface area contributed by atoms with Crippen molar-refractivity contribution in [3.8, 4) is 11.1 Å². The Morgan fingerprint density at radius 2 is 1.03 bits per heavy atom. The number of halogens is 14. The van der Waals surface area contributed by atoms with E-state index >= 15 is 0 Å². The zero-order valence-electron chi connectivity index (χ0n) is 17.0. The van der Waals surface area contributed by atoms with Gasteiger partial charge >= 0.3 is 66.0 Å². The van der Waals surface area contributed by atoms with Crippen LogP contribution in [0, 0.1) is 20.0 Å². The Labute approximate surface area is 209 Å². The quantitative estimate of drug-likeness (QED) is 0.245. The molecule has 0 saturated heterocycles. The maximum atomic E-state index is 9.87. The van der Waals surface area contributed by atoms with Crippen molar-refractivity contribution in [1.29, 1.82) is 0 Å². The predicted octanol–water partition coefficient (Wildman–Crippen LogP) is 4.54. The Kier molecular flexibility index (Phi) is 9.07. The molecule has 0 saturated carbocycles. The van der Waals surface area contributed by atoms with Crippen molar-refractivity contribution >= 4 is 15.6 Å². The van der Waals surface area contributed by atoms with Gasteiger partial charge in [-0.3, -0.25) is 0 Å². The van der Waals surface area contributed by atoms with Gasteiger partial charge in [0.25, 0.3) is 45.2 Å². The van der Waals surface area contributed by atoms with Crippen molar-refractivity contribution in [3.63, 3.8) is 0 Å². The molecular formula is C17H20F12I2P2.